The van der Waals surface area contributed by atoms with Gasteiger partial charge in [0.15, 0.2) is 0 Å². The molecule has 3 aromatic carbocycles. The Hall–Kier alpha value is -3.66. The predicted molar refractivity (Wildman–Crippen MR) is 153 cm³/mol. The van der Waals surface area contributed by atoms with E-state index >= 15 is 0 Å². The number of carboxylic acids is 1. The topological polar surface area (TPSA) is 113 Å². The molecular formula is C30H31ClN2O6S. The molecule has 3 aromatic rings. The van der Waals surface area contributed by atoms with Crippen molar-refractivity contribution < 1.29 is 27.9 Å². The molecule has 210 valence electrons. The molecule has 8 nitrogen and oxygen atoms in total. The maximum Gasteiger partial charge on any atom is 0.307 e. The van der Waals surface area contributed by atoms with Gasteiger partial charge in [0.25, 0.3) is 0 Å². The van der Waals surface area contributed by atoms with Gasteiger partial charge in [-0.05, 0) is 67.3 Å². The highest BCUT2D eigenvalue weighted by Crippen LogP contribution is 2.25. The van der Waals surface area contributed by atoms with Crippen LogP contribution in [0.5, 0.6) is 5.75 Å². The van der Waals surface area contributed by atoms with Crippen LogP contribution in [0.25, 0.3) is 0 Å². The quantitative estimate of drug-likeness (QED) is 0.329. The molecule has 1 atom stereocenters. The van der Waals surface area contributed by atoms with Crippen LogP contribution in [0.1, 0.15) is 35.1 Å². The predicted octanol–water partition coefficient (Wildman–Crippen LogP) is 4.88. The number of hydrogen-bond donors (Lipinski definition) is 2. The number of carboxylic acid groups (broad SMARTS) is 1. The van der Waals surface area contributed by atoms with Crippen molar-refractivity contribution in [2.45, 2.75) is 50.3 Å². The maximum absolute atomic E-state index is 13.7. The summed E-state index contributed by atoms with van der Waals surface area (Å²) in [6, 6.07) is 17.8. The van der Waals surface area contributed by atoms with E-state index < -0.39 is 22.0 Å². The number of nitrogens with zero attached hydrogens (tertiary/aromatic N) is 1. The zero-order valence-corrected chi connectivity index (χ0v) is 23.6. The first-order valence-corrected chi connectivity index (χ1v) is 14.7. The van der Waals surface area contributed by atoms with E-state index in [4.69, 9.17) is 16.3 Å². The van der Waals surface area contributed by atoms with Crippen LogP contribution in [0.2, 0.25) is 5.02 Å². The van der Waals surface area contributed by atoms with Crippen LogP contribution in [0, 0.1) is 6.92 Å². The van der Waals surface area contributed by atoms with E-state index in [1.807, 2.05) is 31.2 Å². The summed E-state index contributed by atoms with van der Waals surface area (Å²) in [6.45, 7) is 2.60. The number of amides is 1. The maximum atomic E-state index is 13.7. The summed E-state index contributed by atoms with van der Waals surface area (Å²) < 4.78 is 34.8. The van der Waals surface area contributed by atoms with Crippen LogP contribution < -0.4 is 9.46 Å². The average molecular weight is 583 g/mol. The van der Waals surface area contributed by atoms with Gasteiger partial charge in [-0.25, -0.2) is 8.42 Å². The SMILES string of the molecule is Cc1ccc(S(=O)(=O)NC2C/C=C\CCN(Cc3cc(CC(=O)O)ccc3OCc3ccc(Cl)cc3)C2=O)cc1. The third-order valence-electron chi connectivity index (χ3n) is 6.49. The summed E-state index contributed by atoms with van der Waals surface area (Å²) in [6.07, 6.45) is 4.36. The smallest absolute Gasteiger partial charge is 0.307 e. The van der Waals surface area contributed by atoms with Gasteiger partial charge in [-0.15, -0.1) is 0 Å². The normalized spacial score (nSPS) is 16.7. The minimum atomic E-state index is -3.94. The third-order valence-corrected chi connectivity index (χ3v) is 8.23. The van der Waals surface area contributed by atoms with Crippen LogP contribution in [0.15, 0.2) is 83.8 Å². The van der Waals surface area contributed by atoms with Crippen molar-refractivity contribution in [1.82, 2.24) is 9.62 Å². The van der Waals surface area contributed by atoms with Gasteiger partial charge >= 0.3 is 5.97 Å². The van der Waals surface area contributed by atoms with Crippen molar-refractivity contribution in [3.63, 3.8) is 0 Å². The summed E-state index contributed by atoms with van der Waals surface area (Å²) in [7, 11) is -3.94. The molecule has 0 bridgehead atoms. The number of ether oxygens (including phenoxy) is 1. The van der Waals surface area contributed by atoms with E-state index in [1.165, 1.54) is 12.1 Å². The Kier molecular flexibility index (Phi) is 9.63. The number of benzene rings is 3. The summed E-state index contributed by atoms with van der Waals surface area (Å²) >= 11 is 5.98. The highest BCUT2D eigenvalue weighted by molar-refractivity contribution is 7.89. The second-order valence-corrected chi connectivity index (χ2v) is 11.8. The van der Waals surface area contributed by atoms with Crippen LogP contribution in [-0.4, -0.2) is 42.9 Å². The van der Waals surface area contributed by atoms with E-state index in [9.17, 15) is 23.1 Å². The summed E-state index contributed by atoms with van der Waals surface area (Å²) in [5.41, 5.74) is 3.01. The highest BCUT2D eigenvalue weighted by atomic mass is 35.5. The fraction of sp³-hybridized carbons (Fsp3) is 0.267. The van der Waals surface area contributed by atoms with Gasteiger partial charge in [0, 0.05) is 23.7 Å². The van der Waals surface area contributed by atoms with Crippen molar-refractivity contribution in [3.8, 4) is 5.75 Å². The molecule has 0 saturated heterocycles. The lowest BCUT2D eigenvalue weighted by molar-refractivity contribution is -0.136. The minimum absolute atomic E-state index is 0.0859. The van der Waals surface area contributed by atoms with E-state index in [1.54, 1.807) is 47.4 Å². The lowest BCUT2D eigenvalue weighted by Gasteiger charge is -2.29. The first-order chi connectivity index (χ1) is 19.1. The Morgan fingerprint density at radius 3 is 2.45 bits per heavy atom. The van der Waals surface area contributed by atoms with Gasteiger partial charge in [0.2, 0.25) is 15.9 Å². The van der Waals surface area contributed by atoms with Gasteiger partial charge in [-0.2, -0.15) is 4.72 Å². The van der Waals surface area contributed by atoms with Crippen LogP contribution in [-0.2, 0) is 39.2 Å². The molecule has 0 fully saturated rings. The fourth-order valence-corrected chi connectivity index (χ4v) is 5.70. The average Bonchev–Trinajstić information content (AvgIpc) is 2.90. The molecule has 1 amide bonds. The molecule has 10 heteroatoms. The first-order valence-electron chi connectivity index (χ1n) is 12.8. The number of sulfonamides is 1. The zero-order valence-electron chi connectivity index (χ0n) is 22.0. The van der Waals surface area contributed by atoms with Crippen LogP contribution in [0.4, 0.5) is 0 Å². The molecular weight excluding hydrogens is 552 g/mol. The molecule has 40 heavy (non-hydrogen) atoms. The summed E-state index contributed by atoms with van der Waals surface area (Å²) in [4.78, 5) is 26.7. The van der Waals surface area contributed by atoms with Gasteiger partial charge in [-0.3, -0.25) is 9.59 Å². The standard InChI is InChI=1S/C30H31ClN2O6S/c1-21-6-13-26(14-7-21)40(37,38)32-27-5-3-2-4-16-33(30(27)36)19-24-17-23(18-29(34)35)10-15-28(24)39-20-22-8-11-25(31)12-9-22/h2-3,6-15,17,27,32H,4-5,16,18-20H2,1H3,(H,34,35)/b3-2-. The Morgan fingerprint density at radius 2 is 1.75 bits per heavy atom. The number of hydrogen-bond acceptors (Lipinski definition) is 5. The number of aliphatic carboxylic acids is 1. The lowest BCUT2D eigenvalue weighted by atomic mass is 10.0. The number of nitrogens with one attached hydrogen (secondary N) is 1. The molecule has 1 unspecified atom stereocenters. The molecule has 0 spiro atoms. The Balaban J connectivity index is 1.58. The van der Waals surface area contributed by atoms with Crippen LogP contribution in [0.3, 0.4) is 0 Å². The fourth-order valence-electron chi connectivity index (χ4n) is 4.37. The Bertz CT molecular complexity index is 1490. The largest absolute Gasteiger partial charge is 0.489 e. The van der Waals surface area contributed by atoms with Crippen LogP contribution >= 0.6 is 11.6 Å². The summed E-state index contributed by atoms with van der Waals surface area (Å²) in [5.74, 6) is -0.836. The van der Waals surface area contributed by atoms with E-state index in [2.05, 4.69) is 4.72 Å². The van der Waals surface area contributed by atoms with Gasteiger partial charge in [0.1, 0.15) is 18.4 Å². The number of rotatable bonds is 10. The van der Waals surface area contributed by atoms with Crippen molar-refractivity contribution in [3.05, 3.63) is 106 Å². The molecule has 4 rings (SSSR count). The summed E-state index contributed by atoms with van der Waals surface area (Å²) in [5, 5.41) is 9.92. The second-order valence-electron chi connectivity index (χ2n) is 9.67. The molecule has 0 radical (unpaired) electrons. The number of carbonyl (C=O) groups is 2. The third kappa shape index (κ3) is 7.94. The molecule has 1 aliphatic heterocycles. The van der Waals surface area contributed by atoms with Gasteiger partial charge in [0.05, 0.1) is 11.3 Å². The van der Waals surface area contributed by atoms with Crippen molar-refractivity contribution in [2.75, 3.05) is 6.54 Å². The van der Waals surface area contributed by atoms with Crippen molar-refractivity contribution in [1.29, 1.82) is 0 Å². The highest BCUT2D eigenvalue weighted by Gasteiger charge is 2.30. The lowest BCUT2D eigenvalue weighted by Crippen LogP contribution is -2.48. The van der Waals surface area contributed by atoms with Gasteiger partial charge in [-0.1, -0.05) is 59.6 Å². The molecule has 2 N–H and O–H groups in total. The van der Waals surface area contributed by atoms with E-state index in [-0.39, 0.29) is 36.8 Å². The number of halogens is 1. The van der Waals surface area contributed by atoms with E-state index in [0.717, 1.165) is 11.1 Å². The molecule has 1 aliphatic rings. The zero-order chi connectivity index (χ0) is 28.7. The number of carbonyl (C=O) groups excluding carboxylic acids is 1. The minimum Gasteiger partial charge on any atom is -0.489 e. The van der Waals surface area contributed by atoms with Crippen molar-refractivity contribution >= 4 is 33.5 Å². The monoisotopic (exact) mass is 582 g/mol. The molecule has 0 saturated carbocycles. The number of aryl methyl sites for hydroxylation is 1. The molecule has 0 aliphatic carbocycles. The second kappa shape index (κ2) is 13.1. The Morgan fingerprint density at radius 1 is 1.05 bits per heavy atom. The Labute approximate surface area is 239 Å². The first kappa shape index (κ1) is 29.3. The van der Waals surface area contributed by atoms with Gasteiger partial charge < -0.3 is 14.7 Å². The van der Waals surface area contributed by atoms with E-state index in [0.29, 0.717) is 34.9 Å². The van der Waals surface area contributed by atoms with Crippen molar-refractivity contribution in [2.24, 2.45) is 0 Å². The molecule has 1 heterocycles. The molecule has 0 aromatic heterocycles.